The minimum absolute atomic E-state index is 0.122. The lowest BCUT2D eigenvalue weighted by Gasteiger charge is -2.29. The predicted octanol–water partition coefficient (Wildman–Crippen LogP) is -0.0508. The number of rotatable bonds is 4. The van der Waals surface area contributed by atoms with Crippen molar-refractivity contribution in [1.29, 1.82) is 0 Å². The summed E-state index contributed by atoms with van der Waals surface area (Å²) < 4.78 is 1.83. The molecular formula is C11H19N5O. The van der Waals surface area contributed by atoms with E-state index in [0.717, 1.165) is 18.9 Å². The number of nitrogens with two attached hydrogens (primary N) is 1. The van der Waals surface area contributed by atoms with Gasteiger partial charge in [0.1, 0.15) is 5.82 Å². The third-order valence-corrected chi connectivity index (χ3v) is 3.05. The first-order chi connectivity index (χ1) is 8.09. The summed E-state index contributed by atoms with van der Waals surface area (Å²) in [6.45, 7) is 5.64. The van der Waals surface area contributed by atoms with Crippen LogP contribution in [-0.4, -0.2) is 34.8 Å². The summed E-state index contributed by atoms with van der Waals surface area (Å²) in [4.78, 5) is 11.8. The second kappa shape index (κ2) is 4.85. The van der Waals surface area contributed by atoms with E-state index in [-0.39, 0.29) is 11.8 Å². The van der Waals surface area contributed by atoms with E-state index in [9.17, 15) is 4.79 Å². The van der Waals surface area contributed by atoms with Gasteiger partial charge in [-0.25, -0.2) is 4.68 Å². The third kappa shape index (κ3) is 2.48. The fraction of sp³-hybridized carbons (Fsp3) is 0.636. The van der Waals surface area contributed by atoms with Crippen LogP contribution < -0.4 is 16.4 Å². The Hall–Kier alpha value is -1.40. The normalized spacial score (nSPS) is 17.9. The monoisotopic (exact) mass is 237 g/mol. The van der Waals surface area contributed by atoms with Gasteiger partial charge in [-0.3, -0.25) is 4.79 Å². The van der Waals surface area contributed by atoms with Gasteiger partial charge in [0, 0.05) is 19.2 Å². The van der Waals surface area contributed by atoms with Gasteiger partial charge >= 0.3 is 0 Å². The Balaban J connectivity index is 2.03. The van der Waals surface area contributed by atoms with Crippen LogP contribution in [0, 0.1) is 5.92 Å². The van der Waals surface area contributed by atoms with E-state index >= 15 is 0 Å². The minimum Gasteiger partial charge on any atom is -0.320 e. The highest BCUT2D eigenvalue weighted by Crippen LogP contribution is 2.17. The second-order valence-electron chi connectivity index (χ2n) is 4.73. The van der Waals surface area contributed by atoms with Gasteiger partial charge in [0.25, 0.3) is 0 Å². The maximum absolute atomic E-state index is 11.8. The molecule has 1 saturated heterocycles. The van der Waals surface area contributed by atoms with Gasteiger partial charge in [-0.2, -0.15) is 5.10 Å². The van der Waals surface area contributed by atoms with Crippen molar-refractivity contribution in [1.82, 2.24) is 15.1 Å². The summed E-state index contributed by atoms with van der Waals surface area (Å²) in [5.41, 5.74) is 5.80. The second-order valence-corrected chi connectivity index (χ2v) is 4.73. The quantitative estimate of drug-likeness (QED) is 0.685. The number of carbonyl (C=O) groups excluding carboxylic acids is 1. The van der Waals surface area contributed by atoms with Crippen molar-refractivity contribution in [3.63, 3.8) is 0 Å². The van der Waals surface area contributed by atoms with E-state index in [1.165, 1.54) is 0 Å². The molecule has 1 aromatic heterocycles. The van der Waals surface area contributed by atoms with Crippen molar-refractivity contribution in [3.8, 4) is 0 Å². The van der Waals surface area contributed by atoms with Crippen LogP contribution >= 0.6 is 0 Å². The van der Waals surface area contributed by atoms with Crippen LogP contribution in [-0.2, 0) is 4.79 Å². The number of carbonyl (C=O) groups is 1. The van der Waals surface area contributed by atoms with E-state index in [1.54, 1.807) is 12.3 Å². The number of anilines is 1. The minimum atomic E-state index is -0.488. The van der Waals surface area contributed by atoms with E-state index in [4.69, 9.17) is 5.73 Å². The highest BCUT2D eigenvalue weighted by Gasteiger charge is 2.24. The maximum Gasteiger partial charge on any atom is 0.242 e. The first-order valence-corrected chi connectivity index (χ1v) is 5.90. The Morgan fingerprint density at radius 1 is 1.65 bits per heavy atom. The van der Waals surface area contributed by atoms with Gasteiger partial charge in [0.2, 0.25) is 5.91 Å². The van der Waals surface area contributed by atoms with Crippen LogP contribution in [0.4, 0.5) is 5.82 Å². The molecule has 1 amide bonds. The third-order valence-electron chi connectivity index (χ3n) is 3.05. The first kappa shape index (κ1) is 12.1. The molecule has 94 valence electrons. The highest BCUT2D eigenvalue weighted by molar-refractivity contribution is 5.94. The molecule has 0 spiro atoms. The summed E-state index contributed by atoms with van der Waals surface area (Å²) in [6.07, 6.45) is 1.69. The van der Waals surface area contributed by atoms with E-state index < -0.39 is 6.04 Å². The van der Waals surface area contributed by atoms with Gasteiger partial charge in [-0.15, -0.1) is 0 Å². The average molecular weight is 237 g/mol. The van der Waals surface area contributed by atoms with Crippen LogP contribution in [0.2, 0.25) is 0 Å². The molecule has 1 aromatic rings. The Kier molecular flexibility index (Phi) is 3.44. The number of nitrogens with one attached hydrogen (secondary N) is 2. The molecule has 6 nitrogen and oxygen atoms in total. The smallest absolute Gasteiger partial charge is 0.242 e. The molecule has 0 radical (unpaired) electrons. The number of aromatic nitrogens is 2. The molecule has 17 heavy (non-hydrogen) atoms. The summed E-state index contributed by atoms with van der Waals surface area (Å²) >= 11 is 0. The molecule has 0 aromatic carbocycles. The Bertz CT molecular complexity index is 396. The molecule has 4 N–H and O–H groups in total. The molecule has 0 unspecified atom stereocenters. The van der Waals surface area contributed by atoms with Crippen molar-refractivity contribution in [2.45, 2.75) is 25.9 Å². The zero-order valence-corrected chi connectivity index (χ0v) is 10.2. The topological polar surface area (TPSA) is 85.0 Å². The maximum atomic E-state index is 11.8. The van der Waals surface area contributed by atoms with Gasteiger partial charge < -0.3 is 16.4 Å². The van der Waals surface area contributed by atoms with Crippen molar-refractivity contribution in [3.05, 3.63) is 12.3 Å². The van der Waals surface area contributed by atoms with Crippen molar-refractivity contribution in [2.24, 2.45) is 11.7 Å². The Morgan fingerprint density at radius 2 is 2.35 bits per heavy atom. The van der Waals surface area contributed by atoms with Crippen LogP contribution in [0.3, 0.4) is 0 Å². The van der Waals surface area contributed by atoms with Gasteiger partial charge in [-0.1, -0.05) is 13.8 Å². The lowest BCUT2D eigenvalue weighted by molar-refractivity contribution is -0.118. The van der Waals surface area contributed by atoms with Gasteiger partial charge in [-0.05, 0) is 5.92 Å². The predicted molar refractivity (Wildman–Crippen MR) is 65.6 cm³/mol. The molecule has 0 aliphatic carbocycles. The SMILES string of the molecule is CC(C)[C@H](N)C(=O)Nc1ccnn1C1CNC1. The zero-order valence-electron chi connectivity index (χ0n) is 10.2. The Labute approximate surface area is 101 Å². The van der Waals surface area contributed by atoms with Crippen LogP contribution in [0.15, 0.2) is 12.3 Å². The van der Waals surface area contributed by atoms with Crippen LogP contribution in [0.5, 0.6) is 0 Å². The average Bonchev–Trinajstić information content (AvgIpc) is 2.62. The van der Waals surface area contributed by atoms with Gasteiger partial charge in [0.15, 0.2) is 0 Å². The van der Waals surface area contributed by atoms with Crippen molar-refractivity contribution < 1.29 is 4.79 Å². The molecule has 2 rings (SSSR count). The van der Waals surface area contributed by atoms with E-state index in [0.29, 0.717) is 6.04 Å². The van der Waals surface area contributed by atoms with Crippen LogP contribution in [0.25, 0.3) is 0 Å². The summed E-state index contributed by atoms with van der Waals surface area (Å²) in [6, 6.07) is 1.64. The van der Waals surface area contributed by atoms with E-state index in [1.807, 2.05) is 18.5 Å². The molecule has 1 aliphatic heterocycles. The molecule has 2 heterocycles. The summed E-state index contributed by atoms with van der Waals surface area (Å²) in [5, 5.41) is 10.2. The highest BCUT2D eigenvalue weighted by atomic mass is 16.2. The molecule has 1 atom stereocenters. The lowest BCUT2D eigenvalue weighted by Crippen LogP contribution is -2.45. The van der Waals surface area contributed by atoms with Crippen molar-refractivity contribution in [2.75, 3.05) is 18.4 Å². The molecule has 6 heteroatoms. The molecule has 0 bridgehead atoms. The lowest BCUT2D eigenvalue weighted by atomic mass is 10.1. The molecular weight excluding hydrogens is 218 g/mol. The van der Waals surface area contributed by atoms with Crippen molar-refractivity contribution >= 4 is 11.7 Å². The standard InChI is InChI=1S/C11H19N5O/c1-7(2)10(12)11(17)15-9-3-4-14-16(9)8-5-13-6-8/h3-4,7-8,10,13H,5-6,12H2,1-2H3,(H,15,17)/t10-/m0/s1. The van der Waals surface area contributed by atoms with E-state index in [2.05, 4.69) is 15.7 Å². The number of nitrogens with zero attached hydrogens (tertiary/aromatic N) is 2. The molecule has 0 saturated carbocycles. The van der Waals surface area contributed by atoms with Crippen LogP contribution in [0.1, 0.15) is 19.9 Å². The zero-order chi connectivity index (χ0) is 12.4. The molecule has 1 aliphatic rings. The fourth-order valence-electron chi connectivity index (χ4n) is 1.66. The number of amides is 1. The largest absolute Gasteiger partial charge is 0.320 e. The fourth-order valence-corrected chi connectivity index (χ4v) is 1.66. The van der Waals surface area contributed by atoms with Gasteiger partial charge in [0.05, 0.1) is 18.3 Å². The summed E-state index contributed by atoms with van der Waals surface area (Å²) in [5.74, 6) is 0.684. The molecule has 1 fully saturated rings. The summed E-state index contributed by atoms with van der Waals surface area (Å²) in [7, 11) is 0. The number of hydrogen-bond donors (Lipinski definition) is 3. The Morgan fingerprint density at radius 3 is 2.88 bits per heavy atom. The number of hydrogen-bond acceptors (Lipinski definition) is 4. The first-order valence-electron chi connectivity index (χ1n) is 5.90.